The van der Waals surface area contributed by atoms with Gasteiger partial charge in [0.25, 0.3) is 0 Å². The van der Waals surface area contributed by atoms with Crippen molar-refractivity contribution in [3.8, 4) is 0 Å². The molecule has 0 aromatic carbocycles. The minimum Gasteiger partial charge on any atom is -0.466 e. The molecule has 0 aliphatic carbocycles. The molecule has 3 heterocycles. The second-order valence-electron chi connectivity index (χ2n) is 12.5. The van der Waals surface area contributed by atoms with Crippen LogP contribution in [0.5, 0.6) is 0 Å². The number of anilines is 1. The third-order valence-corrected chi connectivity index (χ3v) is 18.4. The van der Waals surface area contributed by atoms with Crippen LogP contribution in [0.3, 0.4) is 0 Å². The number of fused-ring (bicyclic) bond motifs is 1. The molecule has 1 N–H and O–H groups in total. The quantitative estimate of drug-likeness (QED) is 0.220. The molecule has 0 radical (unpaired) electrons. The van der Waals surface area contributed by atoms with Gasteiger partial charge in [0, 0.05) is 26.0 Å². The van der Waals surface area contributed by atoms with Gasteiger partial charge in [-0.1, -0.05) is 55.4 Å². The maximum atomic E-state index is 13.2. The van der Waals surface area contributed by atoms with Crippen molar-refractivity contribution in [2.45, 2.75) is 123 Å². The summed E-state index contributed by atoms with van der Waals surface area (Å²) in [6.45, 7) is 20.6. The Morgan fingerprint density at radius 3 is 2.17 bits per heavy atom. The minimum atomic E-state index is -2.92. The molecule has 1 aromatic rings. The molecular formula is C28H49N3O8Si2. The van der Waals surface area contributed by atoms with E-state index >= 15 is 0 Å². The van der Waals surface area contributed by atoms with Crippen LogP contribution < -0.4 is 11.0 Å². The summed E-state index contributed by atoms with van der Waals surface area (Å²) >= 11 is 0. The van der Waals surface area contributed by atoms with Crippen molar-refractivity contribution in [3.63, 3.8) is 0 Å². The van der Waals surface area contributed by atoms with E-state index in [0.29, 0.717) is 12.8 Å². The topological polar surface area (TPSA) is 127 Å². The lowest BCUT2D eigenvalue weighted by atomic mass is 9.94. The van der Waals surface area contributed by atoms with Gasteiger partial charge in [-0.3, -0.25) is 14.2 Å². The second-order valence-corrected chi connectivity index (χ2v) is 21.3. The van der Waals surface area contributed by atoms with Crippen LogP contribution in [0.25, 0.3) is 0 Å². The monoisotopic (exact) mass is 611 g/mol. The van der Waals surface area contributed by atoms with Crippen LogP contribution in [-0.2, 0) is 32.0 Å². The molecule has 232 valence electrons. The maximum absolute atomic E-state index is 13.2. The van der Waals surface area contributed by atoms with Gasteiger partial charge >= 0.3 is 28.8 Å². The average molecular weight is 612 g/mol. The summed E-state index contributed by atoms with van der Waals surface area (Å²) in [5, 5.41) is 2.56. The number of hydrogen-bond acceptors (Lipinski definition) is 9. The van der Waals surface area contributed by atoms with Gasteiger partial charge in [0.05, 0.1) is 19.3 Å². The van der Waals surface area contributed by atoms with Gasteiger partial charge in [0.1, 0.15) is 18.1 Å². The highest BCUT2D eigenvalue weighted by Crippen LogP contribution is 2.50. The van der Waals surface area contributed by atoms with Gasteiger partial charge in [0.15, 0.2) is 0 Å². The summed E-state index contributed by atoms with van der Waals surface area (Å²) < 4.78 is 34.8. The van der Waals surface area contributed by atoms with E-state index in [1.165, 1.54) is 18.4 Å². The fourth-order valence-electron chi connectivity index (χ4n) is 6.20. The SMILES string of the molecule is CC(=O)Nc1ccn([C@@H]2O[C@@H]3CO[Si](C(C)C)(C(C)C)O[Si](C(C)C)(C(C)C)O[C@H]3[C@H]2CCCOC(C)=O)c(=O)n1. The van der Waals surface area contributed by atoms with Crippen LogP contribution in [-0.4, -0.2) is 64.0 Å². The van der Waals surface area contributed by atoms with Crippen LogP contribution in [0.15, 0.2) is 17.1 Å². The highest BCUT2D eigenvalue weighted by atomic mass is 28.5. The Kier molecular flexibility index (Phi) is 11.1. The number of nitrogens with zero attached hydrogens (tertiary/aromatic N) is 2. The third kappa shape index (κ3) is 7.19. The maximum Gasteiger partial charge on any atom is 0.351 e. The van der Waals surface area contributed by atoms with Gasteiger partial charge in [-0.15, -0.1) is 0 Å². The summed E-state index contributed by atoms with van der Waals surface area (Å²) in [6.07, 6.45) is 1.23. The predicted octanol–water partition coefficient (Wildman–Crippen LogP) is 5.02. The lowest BCUT2D eigenvalue weighted by Gasteiger charge is -2.51. The number of amides is 1. The van der Waals surface area contributed by atoms with E-state index < -0.39 is 41.2 Å². The molecule has 2 aliphatic heterocycles. The number of hydrogen-bond donors (Lipinski definition) is 1. The normalized spacial score (nSPS) is 25.7. The highest BCUT2D eigenvalue weighted by Gasteiger charge is 2.61. The summed E-state index contributed by atoms with van der Waals surface area (Å²) in [5.41, 5.74) is 0.114. The van der Waals surface area contributed by atoms with E-state index in [2.05, 4.69) is 65.7 Å². The van der Waals surface area contributed by atoms with Crippen LogP contribution in [0.1, 0.15) is 88.3 Å². The number of esters is 1. The molecule has 11 nitrogen and oxygen atoms in total. The zero-order chi connectivity index (χ0) is 30.7. The molecule has 2 saturated heterocycles. The van der Waals surface area contributed by atoms with Crippen LogP contribution in [0, 0.1) is 5.92 Å². The van der Waals surface area contributed by atoms with Crippen LogP contribution >= 0.6 is 0 Å². The average Bonchev–Trinajstić information content (AvgIpc) is 3.16. The molecule has 13 heteroatoms. The van der Waals surface area contributed by atoms with Crippen LogP contribution in [0.2, 0.25) is 22.2 Å². The lowest BCUT2D eigenvalue weighted by molar-refractivity contribution is -0.141. The Hall–Kier alpha value is -1.91. The van der Waals surface area contributed by atoms with Crippen LogP contribution in [0.4, 0.5) is 5.82 Å². The van der Waals surface area contributed by atoms with Crippen molar-refractivity contribution in [2.24, 2.45) is 5.92 Å². The van der Waals surface area contributed by atoms with Crippen molar-refractivity contribution in [3.05, 3.63) is 22.7 Å². The summed E-state index contributed by atoms with van der Waals surface area (Å²) in [6, 6.07) is 1.58. The van der Waals surface area contributed by atoms with Crippen molar-refractivity contribution in [2.75, 3.05) is 18.5 Å². The molecule has 1 amide bonds. The lowest BCUT2D eigenvalue weighted by Crippen LogP contribution is -2.65. The fourth-order valence-corrected chi connectivity index (χ4v) is 17.4. The second kappa shape index (κ2) is 13.6. The summed E-state index contributed by atoms with van der Waals surface area (Å²) in [7, 11) is -5.69. The molecule has 1 aromatic heterocycles. The molecule has 3 rings (SSSR count). The molecule has 2 aliphatic rings. The number of nitrogens with one attached hydrogen (secondary N) is 1. The van der Waals surface area contributed by atoms with Crippen molar-refractivity contribution < 1.29 is 32.0 Å². The van der Waals surface area contributed by atoms with Gasteiger partial charge < -0.3 is 27.8 Å². The molecule has 4 atom stereocenters. The number of ether oxygens (including phenoxy) is 2. The van der Waals surface area contributed by atoms with E-state index in [-0.39, 0.29) is 59.0 Å². The number of rotatable bonds is 10. The van der Waals surface area contributed by atoms with E-state index in [9.17, 15) is 14.4 Å². The smallest absolute Gasteiger partial charge is 0.351 e. The first kappa shape index (κ1) is 33.6. The molecule has 0 spiro atoms. The Balaban J connectivity index is 2.09. The summed E-state index contributed by atoms with van der Waals surface area (Å²) in [4.78, 5) is 40.2. The van der Waals surface area contributed by atoms with Gasteiger partial charge in [-0.2, -0.15) is 4.98 Å². The molecular weight excluding hydrogens is 562 g/mol. The fraction of sp³-hybridized carbons (Fsp3) is 0.786. The first-order chi connectivity index (χ1) is 19.1. The molecule has 0 bridgehead atoms. The van der Waals surface area contributed by atoms with Gasteiger partial charge in [-0.05, 0) is 41.1 Å². The number of carbonyl (C=O) groups excluding carboxylic acids is 2. The van der Waals surface area contributed by atoms with E-state index in [0.717, 1.165) is 0 Å². The Bertz CT molecular complexity index is 1110. The van der Waals surface area contributed by atoms with Crippen molar-refractivity contribution in [1.29, 1.82) is 0 Å². The molecule has 41 heavy (non-hydrogen) atoms. The first-order valence-corrected chi connectivity index (χ1v) is 18.8. The Morgan fingerprint density at radius 2 is 1.66 bits per heavy atom. The standard InChI is InChI=1S/C28H49N3O8Si2/c1-17(2)40(18(3)4)36-16-24-26(38-41(39-40,19(5)6)20(7)8)23(12-11-15-35-22(10)33)27(37-24)31-14-13-25(29-21(9)32)30-28(31)34/h13-14,17-20,23-24,26-27H,11-12,15-16H2,1-10H3,(H,29,30,32,34)/t23-,24-,26+,27-/m1/s1. The Labute approximate surface area is 246 Å². The van der Waals surface area contributed by atoms with Gasteiger partial charge in [-0.25, -0.2) is 4.79 Å². The zero-order valence-corrected chi connectivity index (χ0v) is 28.3. The van der Waals surface area contributed by atoms with Crippen molar-refractivity contribution in [1.82, 2.24) is 9.55 Å². The molecule has 0 unspecified atom stereocenters. The van der Waals surface area contributed by atoms with Crippen molar-refractivity contribution >= 4 is 34.8 Å². The summed E-state index contributed by atoms with van der Waals surface area (Å²) in [5.74, 6) is -0.732. The predicted molar refractivity (Wildman–Crippen MR) is 160 cm³/mol. The molecule has 2 fully saturated rings. The number of carbonyl (C=O) groups is 2. The highest BCUT2D eigenvalue weighted by molar-refractivity contribution is 6.84. The van der Waals surface area contributed by atoms with E-state index in [4.69, 9.17) is 22.4 Å². The Morgan fingerprint density at radius 1 is 1.05 bits per heavy atom. The largest absolute Gasteiger partial charge is 0.466 e. The zero-order valence-electron chi connectivity index (χ0n) is 26.3. The number of aromatic nitrogens is 2. The first-order valence-electron chi connectivity index (χ1n) is 14.8. The minimum absolute atomic E-state index is 0.135. The van der Waals surface area contributed by atoms with Gasteiger partial charge in [0.2, 0.25) is 5.91 Å². The van der Waals surface area contributed by atoms with E-state index in [1.54, 1.807) is 12.3 Å². The third-order valence-electron chi connectivity index (χ3n) is 8.20. The van der Waals surface area contributed by atoms with E-state index in [1.807, 2.05) is 0 Å². The molecule has 0 saturated carbocycles.